The fourth-order valence-corrected chi connectivity index (χ4v) is 3.26. The van der Waals surface area contributed by atoms with Gasteiger partial charge in [-0.3, -0.25) is 4.79 Å². The Hall–Kier alpha value is -2.89. The zero-order chi connectivity index (χ0) is 18.4. The highest BCUT2D eigenvalue weighted by atomic mass is 35.5. The van der Waals surface area contributed by atoms with E-state index >= 15 is 0 Å². The fraction of sp³-hybridized carbons (Fsp3) is 0.130. The van der Waals surface area contributed by atoms with Crippen molar-refractivity contribution in [3.05, 3.63) is 107 Å². The zero-order valence-electron chi connectivity index (χ0n) is 14.2. The van der Waals surface area contributed by atoms with Crippen LogP contribution < -0.4 is 0 Å². The van der Waals surface area contributed by atoms with Crippen molar-refractivity contribution in [2.24, 2.45) is 0 Å². The van der Waals surface area contributed by atoms with Crippen LogP contribution in [-0.2, 0) is 0 Å². The van der Waals surface area contributed by atoms with E-state index in [-0.39, 0.29) is 18.1 Å². The lowest BCUT2D eigenvalue weighted by Gasteiger charge is -2.22. The average Bonchev–Trinajstić information content (AvgIpc) is 2.70. The van der Waals surface area contributed by atoms with Crippen LogP contribution in [0.1, 0.15) is 39.7 Å². The van der Waals surface area contributed by atoms with Gasteiger partial charge in [0.05, 0.1) is 12.0 Å². The van der Waals surface area contributed by atoms with E-state index in [1.54, 1.807) is 12.1 Å². The molecule has 26 heavy (non-hydrogen) atoms. The second kappa shape index (κ2) is 8.47. The highest BCUT2D eigenvalue weighted by Gasteiger charge is 2.27. The number of Topliss-reactive ketones (excluding diaryl/α,β-unsaturated/α-hetero) is 1. The molecule has 0 heterocycles. The molecule has 128 valence electrons. The second-order valence-electron chi connectivity index (χ2n) is 6.17. The lowest BCUT2D eigenvalue weighted by atomic mass is 9.78. The van der Waals surface area contributed by atoms with Crippen LogP contribution in [0.3, 0.4) is 0 Å². The van der Waals surface area contributed by atoms with Crippen molar-refractivity contribution in [1.29, 1.82) is 5.26 Å². The lowest BCUT2D eigenvalue weighted by Crippen LogP contribution is -2.15. The summed E-state index contributed by atoms with van der Waals surface area (Å²) < 4.78 is 0. The van der Waals surface area contributed by atoms with Crippen molar-refractivity contribution in [3.63, 3.8) is 0 Å². The van der Waals surface area contributed by atoms with Crippen LogP contribution in [0.4, 0.5) is 0 Å². The average molecular weight is 360 g/mol. The highest BCUT2D eigenvalue weighted by Crippen LogP contribution is 2.36. The number of halogens is 1. The molecule has 3 aromatic rings. The second-order valence-corrected chi connectivity index (χ2v) is 6.61. The summed E-state index contributed by atoms with van der Waals surface area (Å²) in [4.78, 5) is 12.8. The molecule has 3 rings (SSSR count). The summed E-state index contributed by atoms with van der Waals surface area (Å²) in [6, 6.07) is 28.6. The van der Waals surface area contributed by atoms with Crippen LogP contribution in [0.2, 0.25) is 5.02 Å². The molecule has 0 bridgehead atoms. The molecular weight excluding hydrogens is 342 g/mol. The molecule has 0 aliphatic heterocycles. The van der Waals surface area contributed by atoms with Crippen molar-refractivity contribution in [2.45, 2.75) is 18.3 Å². The smallest absolute Gasteiger partial charge is 0.163 e. The number of hydrogen-bond acceptors (Lipinski definition) is 2. The maximum Gasteiger partial charge on any atom is 0.163 e. The van der Waals surface area contributed by atoms with Crippen LogP contribution in [-0.4, -0.2) is 5.78 Å². The van der Waals surface area contributed by atoms with Gasteiger partial charge in [0.2, 0.25) is 0 Å². The van der Waals surface area contributed by atoms with E-state index < -0.39 is 5.92 Å². The Balaban J connectivity index is 1.97. The fourth-order valence-electron chi connectivity index (χ4n) is 3.14. The number of carbonyl (C=O) groups is 1. The first-order valence-electron chi connectivity index (χ1n) is 8.47. The third kappa shape index (κ3) is 4.20. The normalized spacial score (nSPS) is 12.8. The van der Waals surface area contributed by atoms with Gasteiger partial charge in [-0.05, 0) is 23.3 Å². The molecule has 2 nitrogen and oxygen atoms in total. The number of hydrogen-bond donors (Lipinski definition) is 0. The van der Waals surface area contributed by atoms with Crippen molar-refractivity contribution in [2.75, 3.05) is 0 Å². The summed E-state index contributed by atoms with van der Waals surface area (Å²) in [5.74, 6) is -0.626. The third-order valence-electron chi connectivity index (χ3n) is 4.50. The van der Waals surface area contributed by atoms with Crippen LogP contribution in [0.15, 0.2) is 84.9 Å². The van der Waals surface area contributed by atoms with Gasteiger partial charge in [-0.1, -0.05) is 84.4 Å². The molecule has 0 aliphatic rings. The summed E-state index contributed by atoms with van der Waals surface area (Å²) in [5, 5.41) is 10.5. The van der Waals surface area contributed by atoms with Crippen LogP contribution >= 0.6 is 11.6 Å². The minimum Gasteiger partial charge on any atom is -0.294 e. The van der Waals surface area contributed by atoms with Gasteiger partial charge >= 0.3 is 0 Å². The van der Waals surface area contributed by atoms with Crippen molar-refractivity contribution in [3.8, 4) is 6.07 Å². The standard InChI is InChI=1S/C23H18ClNO/c24-20-13-11-18(12-14-20)21(15-23(26)19-9-5-2-6-10-19)22(16-25)17-7-3-1-4-8-17/h1-14,21-22H,15H2/t21-,22+/m0/s1. The summed E-state index contributed by atoms with van der Waals surface area (Å²) in [6.45, 7) is 0. The molecule has 0 unspecified atom stereocenters. The highest BCUT2D eigenvalue weighted by molar-refractivity contribution is 6.30. The lowest BCUT2D eigenvalue weighted by molar-refractivity contribution is 0.0972. The first-order valence-corrected chi connectivity index (χ1v) is 8.85. The Morgan fingerprint density at radius 2 is 1.42 bits per heavy atom. The molecular formula is C23H18ClNO. The van der Waals surface area contributed by atoms with Gasteiger partial charge in [0.1, 0.15) is 0 Å². The zero-order valence-corrected chi connectivity index (χ0v) is 14.9. The van der Waals surface area contributed by atoms with E-state index in [9.17, 15) is 10.1 Å². The summed E-state index contributed by atoms with van der Waals surface area (Å²) in [6.07, 6.45) is 0.263. The van der Waals surface area contributed by atoms with Gasteiger partial charge < -0.3 is 0 Å². The molecule has 0 fully saturated rings. The largest absolute Gasteiger partial charge is 0.294 e. The number of nitriles is 1. The predicted molar refractivity (Wildman–Crippen MR) is 104 cm³/mol. The molecule has 0 aliphatic carbocycles. The van der Waals surface area contributed by atoms with E-state index in [2.05, 4.69) is 6.07 Å². The Morgan fingerprint density at radius 3 is 2.00 bits per heavy atom. The number of carbonyl (C=O) groups excluding carboxylic acids is 1. The van der Waals surface area contributed by atoms with Gasteiger partial charge in [0.25, 0.3) is 0 Å². The van der Waals surface area contributed by atoms with Crippen molar-refractivity contribution >= 4 is 17.4 Å². The van der Waals surface area contributed by atoms with E-state index in [0.717, 1.165) is 11.1 Å². The van der Waals surface area contributed by atoms with Gasteiger partial charge in [-0.25, -0.2) is 0 Å². The minimum absolute atomic E-state index is 0.0294. The Morgan fingerprint density at radius 1 is 0.846 bits per heavy atom. The van der Waals surface area contributed by atoms with E-state index in [4.69, 9.17) is 11.6 Å². The first-order chi connectivity index (χ1) is 12.7. The van der Waals surface area contributed by atoms with E-state index in [1.807, 2.05) is 72.8 Å². The van der Waals surface area contributed by atoms with Crippen molar-refractivity contribution < 1.29 is 4.79 Å². The number of ketones is 1. The molecule has 0 saturated carbocycles. The van der Waals surface area contributed by atoms with Gasteiger partial charge in [-0.15, -0.1) is 0 Å². The third-order valence-corrected chi connectivity index (χ3v) is 4.75. The molecule has 0 radical (unpaired) electrons. The summed E-state index contributed by atoms with van der Waals surface area (Å²) >= 11 is 6.02. The van der Waals surface area contributed by atoms with Gasteiger partial charge in [0, 0.05) is 22.9 Å². The molecule has 0 amide bonds. The van der Waals surface area contributed by atoms with E-state index in [0.29, 0.717) is 10.6 Å². The monoisotopic (exact) mass is 359 g/mol. The molecule has 3 heteroatoms. The molecule has 3 aromatic carbocycles. The molecule has 0 N–H and O–H groups in total. The number of benzene rings is 3. The molecule has 0 aromatic heterocycles. The van der Waals surface area contributed by atoms with Crippen LogP contribution in [0, 0.1) is 11.3 Å². The maximum atomic E-state index is 12.8. The molecule has 0 spiro atoms. The number of rotatable bonds is 6. The quantitative estimate of drug-likeness (QED) is 0.506. The molecule has 2 atom stereocenters. The number of nitrogens with zero attached hydrogens (tertiary/aromatic N) is 1. The van der Waals surface area contributed by atoms with Crippen LogP contribution in [0.25, 0.3) is 0 Å². The maximum absolute atomic E-state index is 12.8. The Kier molecular flexibility index (Phi) is 5.84. The summed E-state index contributed by atoms with van der Waals surface area (Å²) in [5.41, 5.74) is 2.51. The SMILES string of the molecule is N#C[C@H](c1ccccc1)[C@@H](CC(=O)c1ccccc1)c1ccc(Cl)cc1. The van der Waals surface area contributed by atoms with Gasteiger partial charge in [0.15, 0.2) is 5.78 Å². The van der Waals surface area contributed by atoms with Crippen molar-refractivity contribution in [1.82, 2.24) is 0 Å². The van der Waals surface area contributed by atoms with E-state index in [1.165, 1.54) is 0 Å². The van der Waals surface area contributed by atoms with Crippen LogP contribution in [0.5, 0.6) is 0 Å². The minimum atomic E-state index is -0.412. The summed E-state index contributed by atoms with van der Waals surface area (Å²) in [7, 11) is 0. The first kappa shape index (κ1) is 17.9. The topological polar surface area (TPSA) is 40.9 Å². The Labute approximate surface area is 158 Å². The van der Waals surface area contributed by atoms with Gasteiger partial charge in [-0.2, -0.15) is 5.26 Å². The Bertz CT molecular complexity index is 898. The molecule has 0 saturated heterocycles. The predicted octanol–water partition coefficient (Wildman–Crippen LogP) is 6.00.